The van der Waals surface area contributed by atoms with Crippen LogP contribution in [0.5, 0.6) is 0 Å². The van der Waals surface area contributed by atoms with Gasteiger partial charge < -0.3 is 9.47 Å². The van der Waals surface area contributed by atoms with Gasteiger partial charge in [-0.25, -0.2) is 0 Å². The Labute approximate surface area is 136 Å². The highest BCUT2D eigenvalue weighted by atomic mass is 19.3. The molecule has 0 aliphatic heterocycles. The minimum atomic E-state index is -3.78. The summed E-state index contributed by atoms with van der Waals surface area (Å²) < 4.78 is 37.0. The Bertz CT molecular complexity index is 456. The van der Waals surface area contributed by atoms with E-state index < -0.39 is 41.5 Å². The molecule has 0 aliphatic rings. The summed E-state index contributed by atoms with van der Waals surface area (Å²) >= 11 is 0. The molecule has 1 atom stereocenters. The van der Waals surface area contributed by atoms with Crippen LogP contribution < -0.4 is 5.73 Å². The van der Waals surface area contributed by atoms with E-state index in [0.717, 1.165) is 0 Å². The third kappa shape index (κ3) is 9.99. The van der Waals surface area contributed by atoms with E-state index in [2.05, 4.69) is 6.58 Å². The van der Waals surface area contributed by atoms with Crippen molar-refractivity contribution in [2.24, 2.45) is 11.7 Å². The second-order valence-corrected chi connectivity index (χ2v) is 7.48. The Kier molecular flexibility index (Phi) is 6.90. The predicted molar refractivity (Wildman–Crippen MR) is 82.7 cm³/mol. The third-order valence-electron chi connectivity index (χ3n) is 2.46. The van der Waals surface area contributed by atoms with Crippen molar-refractivity contribution in [3.8, 4) is 0 Å². The number of nitrogens with two attached hydrogens (primary N) is 1. The average Bonchev–Trinajstić information content (AvgIpc) is 2.18. The number of hydrogen-bond donors (Lipinski definition) is 1. The molecule has 0 amide bonds. The van der Waals surface area contributed by atoms with Crippen molar-refractivity contribution in [1.29, 1.82) is 0 Å². The highest BCUT2D eigenvalue weighted by Crippen LogP contribution is 2.29. The minimum Gasteiger partial charge on any atom is -0.460 e. The largest absolute Gasteiger partial charge is 0.460 e. The molecule has 0 saturated carbocycles. The van der Waals surface area contributed by atoms with Crippen LogP contribution in [0.4, 0.5) is 8.78 Å². The van der Waals surface area contributed by atoms with E-state index in [-0.39, 0.29) is 12.0 Å². The van der Waals surface area contributed by atoms with E-state index in [4.69, 9.17) is 15.2 Å². The zero-order valence-corrected chi connectivity index (χ0v) is 14.7. The van der Waals surface area contributed by atoms with Crippen LogP contribution in [-0.4, -0.2) is 29.2 Å². The molecule has 0 radical (unpaired) electrons. The number of esters is 2. The summed E-state index contributed by atoms with van der Waals surface area (Å²) in [4.78, 5) is 23.6. The Balaban J connectivity index is 4.89. The Morgan fingerprint density at radius 1 is 1.04 bits per heavy atom. The van der Waals surface area contributed by atoms with Crippen LogP contribution in [0, 0.1) is 5.92 Å². The van der Waals surface area contributed by atoms with Gasteiger partial charge in [0.25, 0.3) is 0 Å². The first-order chi connectivity index (χ1) is 10.0. The Hall–Kier alpha value is -1.50. The molecular formula is C16H27F2NO4. The standard InChI is InChI=1S/C16H27F2NO4/c1-10(9-12(20)22-14(2,3)4)8-11(16(17,18)19)13(21)23-15(5,6)7/h11H,1,8-9,19H2,2-7H3. The summed E-state index contributed by atoms with van der Waals surface area (Å²) in [5, 5.41) is 0. The second-order valence-electron chi connectivity index (χ2n) is 7.48. The van der Waals surface area contributed by atoms with Crippen LogP contribution in [0.1, 0.15) is 54.4 Å². The summed E-state index contributed by atoms with van der Waals surface area (Å²) in [5.74, 6) is -3.64. The normalized spacial score (nSPS) is 14.1. The van der Waals surface area contributed by atoms with Gasteiger partial charge in [0, 0.05) is 0 Å². The zero-order chi connectivity index (χ0) is 18.6. The fourth-order valence-corrected chi connectivity index (χ4v) is 1.69. The summed E-state index contributed by atoms with van der Waals surface area (Å²) in [6, 6.07) is -3.78. The monoisotopic (exact) mass is 335 g/mol. The maximum absolute atomic E-state index is 13.5. The van der Waals surface area contributed by atoms with E-state index >= 15 is 0 Å². The van der Waals surface area contributed by atoms with Gasteiger partial charge >= 0.3 is 18.0 Å². The molecule has 0 spiro atoms. The highest BCUT2D eigenvalue weighted by Gasteiger charge is 2.43. The van der Waals surface area contributed by atoms with Gasteiger partial charge in [-0.3, -0.25) is 15.3 Å². The summed E-state index contributed by atoms with van der Waals surface area (Å²) in [7, 11) is 0. The summed E-state index contributed by atoms with van der Waals surface area (Å²) in [5.41, 5.74) is 3.30. The SMILES string of the molecule is C=C(CC(=O)OC(C)(C)C)CC(C(=O)OC(C)(C)C)C(N)(F)F. The number of halogens is 2. The first kappa shape index (κ1) is 21.5. The van der Waals surface area contributed by atoms with Gasteiger partial charge in [0.1, 0.15) is 17.1 Å². The highest BCUT2D eigenvalue weighted by molar-refractivity contribution is 5.76. The van der Waals surface area contributed by atoms with Gasteiger partial charge in [0.2, 0.25) is 0 Å². The molecular weight excluding hydrogens is 308 g/mol. The molecule has 23 heavy (non-hydrogen) atoms. The molecule has 0 saturated heterocycles. The van der Waals surface area contributed by atoms with Crippen molar-refractivity contribution in [2.75, 3.05) is 0 Å². The molecule has 0 aromatic heterocycles. The number of rotatable bonds is 6. The molecule has 0 rings (SSSR count). The average molecular weight is 335 g/mol. The van der Waals surface area contributed by atoms with Crippen LogP contribution >= 0.6 is 0 Å². The second kappa shape index (κ2) is 7.38. The molecule has 0 bridgehead atoms. The quantitative estimate of drug-likeness (QED) is 0.458. The van der Waals surface area contributed by atoms with Crippen LogP contribution in [0.25, 0.3) is 0 Å². The van der Waals surface area contributed by atoms with Crippen molar-refractivity contribution >= 4 is 11.9 Å². The van der Waals surface area contributed by atoms with Gasteiger partial charge in [0.05, 0.1) is 6.42 Å². The van der Waals surface area contributed by atoms with Crippen LogP contribution in [-0.2, 0) is 19.1 Å². The van der Waals surface area contributed by atoms with Gasteiger partial charge in [-0.05, 0) is 48.0 Å². The molecule has 1 unspecified atom stereocenters. The van der Waals surface area contributed by atoms with Crippen molar-refractivity contribution in [1.82, 2.24) is 0 Å². The topological polar surface area (TPSA) is 78.6 Å². The van der Waals surface area contributed by atoms with Gasteiger partial charge in [-0.1, -0.05) is 12.2 Å². The lowest BCUT2D eigenvalue weighted by Crippen LogP contribution is -2.45. The van der Waals surface area contributed by atoms with Crippen LogP contribution in [0.3, 0.4) is 0 Å². The Morgan fingerprint density at radius 3 is 1.83 bits per heavy atom. The molecule has 7 heteroatoms. The number of hydrogen-bond acceptors (Lipinski definition) is 5. The molecule has 0 aromatic rings. The van der Waals surface area contributed by atoms with E-state index in [9.17, 15) is 18.4 Å². The number of carbonyl (C=O) groups excluding carboxylic acids is 2. The van der Waals surface area contributed by atoms with Gasteiger partial charge in [-0.15, -0.1) is 0 Å². The summed E-state index contributed by atoms with van der Waals surface area (Å²) in [6.45, 7) is 13.3. The van der Waals surface area contributed by atoms with E-state index in [1.54, 1.807) is 41.5 Å². The lowest BCUT2D eigenvalue weighted by Gasteiger charge is -2.27. The predicted octanol–water partition coefficient (Wildman–Crippen LogP) is 3.17. The molecule has 0 aromatic carbocycles. The molecule has 5 nitrogen and oxygen atoms in total. The fraction of sp³-hybridized carbons (Fsp3) is 0.750. The Morgan fingerprint density at radius 2 is 1.48 bits per heavy atom. The lowest BCUT2D eigenvalue weighted by molar-refractivity contribution is -0.174. The molecule has 134 valence electrons. The van der Waals surface area contributed by atoms with Crippen molar-refractivity contribution < 1.29 is 27.8 Å². The van der Waals surface area contributed by atoms with Crippen molar-refractivity contribution in [3.05, 3.63) is 12.2 Å². The van der Waals surface area contributed by atoms with Gasteiger partial charge in [-0.2, -0.15) is 8.78 Å². The fourth-order valence-electron chi connectivity index (χ4n) is 1.69. The molecule has 0 fully saturated rings. The lowest BCUT2D eigenvalue weighted by atomic mass is 9.96. The third-order valence-corrected chi connectivity index (χ3v) is 2.46. The zero-order valence-electron chi connectivity index (χ0n) is 14.7. The van der Waals surface area contributed by atoms with E-state index in [0.29, 0.717) is 0 Å². The smallest absolute Gasteiger partial charge is 0.317 e. The molecule has 0 aliphatic carbocycles. The van der Waals surface area contributed by atoms with Crippen LogP contribution in [0.15, 0.2) is 12.2 Å². The first-order valence-electron chi connectivity index (χ1n) is 7.29. The van der Waals surface area contributed by atoms with Gasteiger partial charge in [0.15, 0.2) is 0 Å². The van der Waals surface area contributed by atoms with Crippen molar-refractivity contribution in [3.63, 3.8) is 0 Å². The number of carbonyl (C=O) groups is 2. The number of ether oxygens (including phenoxy) is 2. The van der Waals surface area contributed by atoms with Crippen LogP contribution in [0.2, 0.25) is 0 Å². The first-order valence-corrected chi connectivity index (χ1v) is 7.29. The number of alkyl halides is 2. The van der Waals surface area contributed by atoms with E-state index in [1.165, 1.54) is 0 Å². The van der Waals surface area contributed by atoms with E-state index in [1.807, 2.05) is 0 Å². The molecule has 0 heterocycles. The minimum absolute atomic E-state index is 0.125. The summed E-state index contributed by atoms with van der Waals surface area (Å²) in [6.07, 6.45) is -0.732. The van der Waals surface area contributed by atoms with Crippen molar-refractivity contribution in [2.45, 2.75) is 71.6 Å². The maximum atomic E-state index is 13.5. The maximum Gasteiger partial charge on any atom is 0.317 e. The molecule has 2 N–H and O–H groups in total.